The first-order valence-corrected chi connectivity index (χ1v) is 7.42. The van der Waals surface area contributed by atoms with Gasteiger partial charge in [0.2, 0.25) is 5.91 Å². The fraction of sp³-hybridized carbons (Fsp3) is 0.400. The highest BCUT2D eigenvalue weighted by Crippen LogP contribution is 2.23. The molecular formula is C15H18ClN3O3. The molecule has 0 unspecified atom stereocenters. The van der Waals surface area contributed by atoms with E-state index in [4.69, 9.17) is 17.3 Å². The minimum atomic E-state index is -0.706. The number of hydrogen-bond donors (Lipinski definition) is 2. The van der Waals surface area contributed by atoms with E-state index in [1.807, 2.05) is 0 Å². The summed E-state index contributed by atoms with van der Waals surface area (Å²) in [5, 5.41) is 3.10. The van der Waals surface area contributed by atoms with Crippen LogP contribution in [-0.2, 0) is 14.4 Å². The number of halogens is 1. The Balaban J connectivity index is 1.97. The van der Waals surface area contributed by atoms with Gasteiger partial charge in [0.25, 0.3) is 0 Å². The molecule has 1 saturated heterocycles. The molecule has 1 heterocycles. The molecule has 1 aliphatic heterocycles. The van der Waals surface area contributed by atoms with Crippen LogP contribution in [0.1, 0.15) is 18.4 Å². The van der Waals surface area contributed by atoms with E-state index in [0.717, 1.165) is 0 Å². The maximum absolute atomic E-state index is 12.1. The van der Waals surface area contributed by atoms with E-state index >= 15 is 0 Å². The highest BCUT2D eigenvalue weighted by molar-refractivity contribution is 6.40. The van der Waals surface area contributed by atoms with E-state index in [1.165, 1.54) is 4.90 Å². The minimum Gasteiger partial charge on any atom is -0.369 e. The SMILES string of the molecule is Cc1c(Cl)cccc1NC(=O)C(=O)N1CCC(C(N)=O)CC1. The van der Waals surface area contributed by atoms with E-state index in [0.29, 0.717) is 42.2 Å². The van der Waals surface area contributed by atoms with E-state index in [-0.39, 0.29) is 11.8 Å². The van der Waals surface area contributed by atoms with Crippen molar-refractivity contribution in [3.05, 3.63) is 28.8 Å². The number of rotatable bonds is 2. The predicted molar refractivity (Wildman–Crippen MR) is 83.3 cm³/mol. The van der Waals surface area contributed by atoms with Crippen molar-refractivity contribution in [2.24, 2.45) is 11.7 Å². The lowest BCUT2D eigenvalue weighted by Crippen LogP contribution is -2.46. The second-order valence-corrected chi connectivity index (χ2v) is 5.74. The molecule has 22 heavy (non-hydrogen) atoms. The first-order valence-electron chi connectivity index (χ1n) is 7.05. The van der Waals surface area contributed by atoms with Gasteiger partial charge in [-0.15, -0.1) is 0 Å². The number of hydrogen-bond acceptors (Lipinski definition) is 3. The molecule has 0 bridgehead atoms. The molecule has 1 aliphatic rings. The monoisotopic (exact) mass is 323 g/mol. The number of primary amides is 1. The van der Waals surface area contributed by atoms with E-state index in [9.17, 15) is 14.4 Å². The van der Waals surface area contributed by atoms with Gasteiger partial charge >= 0.3 is 11.8 Å². The average Bonchev–Trinajstić information content (AvgIpc) is 2.51. The topological polar surface area (TPSA) is 92.5 Å². The second-order valence-electron chi connectivity index (χ2n) is 5.34. The Labute approximate surface area is 133 Å². The van der Waals surface area contributed by atoms with E-state index in [2.05, 4.69) is 5.32 Å². The number of nitrogens with two attached hydrogens (primary N) is 1. The zero-order chi connectivity index (χ0) is 16.3. The number of carbonyl (C=O) groups excluding carboxylic acids is 3. The molecule has 1 fully saturated rings. The Morgan fingerprint density at radius 3 is 2.50 bits per heavy atom. The van der Waals surface area contributed by atoms with Gasteiger partial charge in [-0.2, -0.15) is 0 Å². The lowest BCUT2D eigenvalue weighted by molar-refractivity contribution is -0.144. The van der Waals surface area contributed by atoms with Crippen molar-refractivity contribution in [2.45, 2.75) is 19.8 Å². The van der Waals surface area contributed by atoms with Crippen LogP contribution in [0.25, 0.3) is 0 Å². The summed E-state index contributed by atoms with van der Waals surface area (Å²) in [6.07, 6.45) is 0.981. The fourth-order valence-corrected chi connectivity index (χ4v) is 2.60. The average molecular weight is 324 g/mol. The molecule has 2 rings (SSSR count). The molecule has 0 radical (unpaired) electrons. The summed E-state index contributed by atoms with van der Waals surface area (Å²) in [4.78, 5) is 36.7. The number of benzene rings is 1. The number of anilines is 1. The third-order valence-corrected chi connectivity index (χ3v) is 4.30. The summed E-state index contributed by atoms with van der Waals surface area (Å²) in [6.45, 7) is 2.48. The maximum atomic E-state index is 12.1. The molecule has 118 valence electrons. The Morgan fingerprint density at radius 2 is 1.91 bits per heavy atom. The molecule has 0 saturated carbocycles. The summed E-state index contributed by atoms with van der Waals surface area (Å²) < 4.78 is 0. The van der Waals surface area contributed by atoms with Crippen molar-refractivity contribution in [3.63, 3.8) is 0 Å². The molecule has 1 aromatic rings. The second kappa shape index (κ2) is 6.79. The molecule has 0 spiro atoms. The van der Waals surface area contributed by atoms with Gasteiger partial charge in [-0.25, -0.2) is 0 Å². The summed E-state index contributed by atoms with van der Waals surface area (Å²) in [5.41, 5.74) is 6.47. The van der Waals surface area contributed by atoms with Crippen LogP contribution < -0.4 is 11.1 Å². The van der Waals surface area contributed by atoms with Gasteiger partial charge < -0.3 is 16.0 Å². The first-order chi connectivity index (χ1) is 10.4. The normalized spacial score (nSPS) is 15.5. The third kappa shape index (κ3) is 3.57. The van der Waals surface area contributed by atoms with Gasteiger partial charge in [-0.3, -0.25) is 14.4 Å². The zero-order valence-electron chi connectivity index (χ0n) is 12.3. The third-order valence-electron chi connectivity index (χ3n) is 3.89. The first kappa shape index (κ1) is 16.3. The van der Waals surface area contributed by atoms with Crippen LogP contribution in [-0.4, -0.2) is 35.7 Å². The summed E-state index contributed by atoms with van der Waals surface area (Å²) in [7, 11) is 0. The fourth-order valence-electron chi connectivity index (χ4n) is 2.43. The molecule has 1 aromatic carbocycles. The maximum Gasteiger partial charge on any atom is 0.313 e. The minimum absolute atomic E-state index is 0.220. The molecule has 6 nitrogen and oxygen atoms in total. The lowest BCUT2D eigenvalue weighted by atomic mass is 9.96. The highest BCUT2D eigenvalue weighted by atomic mass is 35.5. The van der Waals surface area contributed by atoms with Crippen molar-refractivity contribution < 1.29 is 14.4 Å². The molecule has 0 aromatic heterocycles. The van der Waals surface area contributed by atoms with Gasteiger partial charge in [0.05, 0.1) is 0 Å². The van der Waals surface area contributed by atoms with E-state index < -0.39 is 11.8 Å². The van der Waals surface area contributed by atoms with Crippen molar-refractivity contribution in [1.29, 1.82) is 0 Å². The quantitative estimate of drug-likeness (QED) is 0.804. The number of amides is 3. The van der Waals surface area contributed by atoms with Gasteiger partial charge in [-0.05, 0) is 37.5 Å². The van der Waals surface area contributed by atoms with Gasteiger partial charge in [0, 0.05) is 29.7 Å². The Bertz CT molecular complexity index is 610. The molecule has 3 N–H and O–H groups in total. The van der Waals surface area contributed by atoms with Crippen LogP contribution in [0.15, 0.2) is 18.2 Å². The molecule has 0 atom stereocenters. The summed E-state index contributed by atoms with van der Waals surface area (Å²) in [6, 6.07) is 5.10. The Morgan fingerprint density at radius 1 is 1.27 bits per heavy atom. The molecular weight excluding hydrogens is 306 g/mol. The Kier molecular flexibility index (Phi) is 5.03. The molecule has 0 aliphatic carbocycles. The van der Waals surface area contributed by atoms with Gasteiger partial charge in [0.1, 0.15) is 0 Å². The Hall–Kier alpha value is -2.08. The zero-order valence-corrected chi connectivity index (χ0v) is 13.0. The number of carbonyl (C=O) groups is 3. The molecule has 7 heteroatoms. The van der Waals surface area contributed by atoms with Crippen molar-refractivity contribution in [1.82, 2.24) is 4.90 Å². The van der Waals surface area contributed by atoms with Crippen LogP contribution >= 0.6 is 11.6 Å². The number of likely N-dealkylation sites (tertiary alicyclic amines) is 1. The van der Waals surface area contributed by atoms with Crippen molar-refractivity contribution >= 4 is 35.0 Å². The highest BCUT2D eigenvalue weighted by Gasteiger charge is 2.29. The van der Waals surface area contributed by atoms with Crippen LogP contribution in [0.5, 0.6) is 0 Å². The summed E-state index contributed by atoms with van der Waals surface area (Å²) >= 11 is 5.98. The standard InChI is InChI=1S/C15H18ClN3O3/c1-9-11(16)3-2-4-12(9)18-14(21)15(22)19-7-5-10(6-8-19)13(17)20/h2-4,10H,5-8H2,1H3,(H2,17,20)(H,18,21). The summed E-state index contributed by atoms with van der Waals surface area (Å²) in [5.74, 6) is -1.89. The number of piperidine rings is 1. The van der Waals surface area contributed by atoms with Crippen LogP contribution in [0.4, 0.5) is 5.69 Å². The predicted octanol–water partition coefficient (Wildman–Crippen LogP) is 1.31. The van der Waals surface area contributed by atoms with Gasteiger partial charge in [0.15, 0.2) is 0 Å². The van der Waals surface area contributed by atoms with Crippen LogP contribution in [0.3, 0.4) is 0 Å². The lowest BCUT2D eigenvalue weighted by Gasteiger charge is -2.30. The smallest absolute Gasteiger partial charge is 0.313 e. The van der Waals surface area contributed by atoms with Crippen molar-refractivity contribution in [3.8, 4) is 0 Å². The van der Waals surface area contributed by atoms with Crippen molar-refractivity contribution in [2.75, 3.05) is 18.4 Å². The number of nitrogens with one attached hydrogen (secondary N) is 1. The van der Waals surface area contributed by atoms with E-state index in [1.54, 1.807) is 25.1 Å². The largest absolute Gasteiger partial charge is 0.369 e. The van der Waals surface area contributed by atoms with Gasteiger partial charge in [-0.1, -0.05) is 17.7 Å². The van der Waals surface area contributed by atoms with Crippen LogP contribution in [0.2, 0.25) is 5.02 Å². The molecule has 3 amide bonds. The number of nitrogens with zero attached hydrogens (tertiary/aromatic N) is 1. The van der Waals surface area contributed by atoms with Crippen LogP contribution in [0, 0.1) is 12.8 Å².